The molecule has 3 aromatic rings. The predicted octanol–water partition coefficient (Wildman–Crippen LogP) is 3.53. The van der Waals surface area contributed by atoms with Gasteiger partial charge >= 0.3 is 6.18 Å². The van der Waals surface area contributed by atoms with Crippen molar-refractivity contribution < 1.29 is 26.8 Å². The standard InChI is InChI=1S/C20H14F4N4O2/c1-28-17(29)19(27-18(28)25,16-9-13(4-6-26-16)20(22,23)24)12-2-3-15(21)14(8-12)11-5-7-30-10-11/h2-10H,1H3,(H2,25,27). The third kappa shape index (κ3) is 2.92. The fourth-order valence-corrected chi connectivity index (χ4v) is 3.34. The Hall–Kier alpha value is -3.69. The monoisotopic (exact) mass is 418 g/mol. The van der Waals surface area contributed by atoms with Crippen LogP contribution in [0.3, 0.4) is 0 Å². The lowest BCUT2D eigenvalue weighted by Crippen LogP contribution is -2.41. The van der Waals surface area contributed by atoms with Gasteiger partial charge in [-0.3, -0.25) is 14.7 Å². The predicted molar refractivity (Wildman–Crippen MR) is 98.5 cm³/mol. The molecule has 0 saturated heterocycles. The number of hydrogen-bond acceptors (Lipinski definition) is 5. The summed E-state index contributed by atoms with van der Waals surface area (Å²) in [5.74, 6) is -1.52. The van der Waals surface area contributed by atoms with Crippen molar-refractivity contribution in [1.29, 1.82) is 0 Å². The van der Waals surface area contributed by atoms with Crippen molar-refractivity contribution in [2.24, 2.45) is 10.7 Å². The number of rotatable bonds is 3. The number of guanidine groups is 1. The molecule has 1 atom stereocenters. The summed E-state index contributed by atoms with van der Waals surface area (Å²) in [6, 6.07) is 6.75. The molecule has 2 N–H and O–H groups in total. The summed E-state index contributed by atoms with van der Waals surface area (Å²) in [7, 11) is 1.34. The molecular formula is C20H14F4N4O2. The number of hydrogen-bond donors (Lipinski definition) is 1. The molecule has 0 saturated carbocycles. The van der Waals surface area contributed by atoms with Gasteiger partial charge in [-0.05, 0) is 35.9 Å². The quantitative estimate of drug-likeness (QED) is 0.660. The van der Waals surface area contributed by atoms with Crippen molar-refractivity contribution in [2.45, 2.75) is 11.7 Å². The number of benzene rings is 1. The summed E-state index contributed by atoms with van der Waals surface area (Å²) in [5.41, 5.74) is 3.14. The molecule has 0 fully saturated rings. The lowest BCUT2D eigenvalue weighted by atomic mass is 9.84. The maximum absolute atomic E-state index is 14.5. The van der Waals surface area contributed by atoms with Crippen LogP contribution in [-0.4, -0.2) is 28.8 Å². The van der Waals surface area contributed by atoms with E-state index in [0.29, 0.717) is 5.56 Å². The van der Waals surface area contributed by atoms with Gasteiger partial charge in [0.1, 0.15) is 5.82 Å². The highest BCUT2D eigenvalue weighted by molar-refractivity contribution is 6.08. The summed E-state index contributed by atoms with van der Waals surface area (Å²) >= 11 is 0. The Bertz CT molecular complexity index is 1160. The number of nitrogens with zero attached hydrogens (tertiary/aromatic N) is 3. The second-order valence-electron chi connectivity index (χ2n) is 6.68. The van der Waals surface area contributed by atoms with E-state index in [0.717, 1.165) is 29.3 Å². The van der Waals surface area contributed by atoms with E-state index in [1.165, 1.54) is 37.8 Å². The maximum atomic E-state index is 14.5. The van der Waals surface area contributed by atoms with Gasteiger partial charge in [-0.1, -0.05) is 6.07 Å². The number of pyridine rings is 1. The number of nitrogens with two attached hydrogens (primary N) is 1. The van der Waals surface area contributed by atoms with E-state index < -0.39 is 29.0 Å². The minimum atomic E-state index is -4.66. The number of carbonyl (C=O) groups excluding carboxylic acids is 1. The number of halogens is 4. The molecule has 1 unspecified atom stereocenters. The third-order valence-electron chi connectivity index (χ3n) is 4.91. The van der Waals surface area contributed by atoms with Crippen molar-refractivity contribution in [3.05, 3.63) is 77.8 Å². The molecule has 10 heteroatoms. The van der Waals surface area contributed by atoms with E-state index in [-0.39, 0.29) is 22.8 Å². The van der Waals surface area contributed by atoms with Crippen molar-refractivity contribution in [3.63, 3.8) is 0 Å². The van der Waals surface area contributed by atoms with Crippen molar-refractivity contribution in [3.8, 4) is 11.1 Å². The fourth-order valence-electron chi connectivity index (χ4n) is 3.34. The van der Waals surface area contributed by atoms with Crippen LogP contribution in [0.1, 0.15) is 16.8 Å². The minimum Gasteiger partial charge on any atom is -0.472 e. The van der Waals surface area contributed by atoms with Crippen LogP contribution >= 0.6 is 0 Å². The third-order valence-corrected chi connectivity index (χ3v) is 4.91. The van der Waals surface area contributed by atoms with Crippen LogP contribution in [0.2, 0.25) is 0 Å². The molecule has 0 bridgehead atoms. The molecule has 4 rings (SSSR count). The topological polar surface area (TPSA) is 84.7 Å². The Balaban J connectivity index is 1.99. The maximum Gasteiger partial charge on any atom is 0.416 e. The lowest BCUT2D eigenvalue weighted by molar-refractivity contribution is -0.138. The number of furan rings is 1. The van der Waals surface area contributed by atoms with Gasteiger partial charge in [-0.15, -0.1) is 0 Å². The Morgan fingerprint density at radius 1 is 1.17 bits per heavy atom. The van der Waals surface area contributed by atoms with Crippen LogP contribution < -0.4 is 5.73 Å². The molecule has 6 nitrogen and oxygen atoms in total. The van der Waals surface area contributed by atoms with Gasteiger partial charge in [0, 0.05) is 24.4 Å². The van der Waals surface area contributed by atoms with E-state index in [4.69, 9.17) is 10.2 Å². The van der Waals surface area contributed by atoms with E-state index in [2.05, 4.69) is 9.98 Å². The Morgan fingerprint density at radius 3 is 2.53 bits per heavy atom. The minimum absolute atomic E-state index is 0.0868. The van der Waals surface area contributed by atoms with Gasteiger partial charge in [-0.2, -0.15) is 13.2 Å². The van der Waals surface area contributed by atoms with Gasteiger partial charge in [0.25, 0.3) is 5.91 Å². The van der Waals surface area contributed by atoms with Crippen LogP contribution in [-0.2, 0) is 16.5 Å². The van der Waals surface area contributed by atoms with Crippen LogP contribution in [0.25, 0.3) is 11.1 Å². The summed E-state index contributed by atoms with van der Waals surface area (Å²) < 4.78 is 59.3. The Labute approximate surface area is 167 Å². The van der Waals surface area contributed by atoms with Crippen LogP contribution in [0.4, 0.5) is 17.6 Å². The highest BCUT2D eigenvalue weighted by Gasteiger charge is 2.51. The van der Waals surface area contributed by atoms with Gasteiger partial charge in [0.2, 0.25) is 5.54 Å². The molecule has 30 heavy (non-hydrogen) atoms. The smallest absolute Gasteiger partial charge is 0.416 e. The summed E-state index contributed by atoms with van der Waals surface area (Å²) in [4.78, 5) is 22.4. The molecule has 0 aliphatic carbocycles. The zero-order valence-electron chi connectivity index (χ0n) is 15.4. The van der Waals surface area contributed by atoms with Crippen LogP contribution in [0.15, 0.2) is 64.5 Å². The molecule has 1 amide bonds. The number of aromatic nitrogens is 1. The number of likely N-dealkylation sites (N-methyl/N-ethyl adjacent to an activating group) is 1. The first-order valence-electron chi connectivity index (χ1n) is 8.64. The lowest BCUT2D eigenvalue weighted by Gasteiger charge is -2.26. The number of amides is 1. The second kappa shape index (κ2) is 6.68. The zero-order chi connectivity index (χ0) is 21.7. The van der Waals surface area contributed by atoms with Crippen LogP contribution in [0, 0.1) is 5.82 Å². The molecule has 154 valence electrons. The average Bonchev–Trinajstić information content (AvgIpc) is 3.32. The molecule has 1 aromatic carbocycles. The Kier molecular flexibility index (Phi) is 4.37. The second-order valence-corrected chi connectivity index (χ2v) is 6.68. The first kappa shape index (κ1) is 19.6. The molecule has 0 spiro atoms. The molecule has 2 aromatic heterocycles. The normalized spacial score (nSPS) is 19.3. The summed E-state index contributed by atoms with van der Waals surface area (Å²) in [5, 5.41) is 0. The van der Waals surface area contributed by atoms with Crippen molar-refractivity contribution >= 4 is 11.9 Å². The van der Waals surface area contributed by atoms with Crippen LogP contribution in [0.5, 0.6) is 0 Å². The number of alkyl halides is 3. The van der Waals surface area contributed by atoms with Crippen molar-refractivity contribution in [2.75, 3.05) is 7.05 Å². The van der Waals surface area contributed by atoms with Gasteiger partial charge in [0.15, 0.2) is 5.96 Å². The van der Waals surface area contributed by atoms with E-state index in [1.807, 2.05) is 0 Å². The molecule has 3 heterocycles. The summed E-state index contributed by atoms with van der Waals surface area (Å²) in [6.07, 6.45) is -1.07. The molecular weight excluding hydrogens is 404 g/mol. The Morgan fingerprint density at radius 2 is 1.93 bits per heavy atom. The fraction of sp³-hybridized carbons (Fsp3) is 0.150. The summed E-state index contributed by atoms with van der Waals surface area (Å²) in [6.45, 7) is 0. The van der Waals surface area contributed by atoms with Gasteiger partial charge in [0.05, 0.1) is 23.8 Å². The average molecular weight is 418 g/mol. The highest BCUT2D eigenvalue weighted by atomic mass is 19.4. The highest BCUT2D eigenvalue weighted by Crippen LogP contribution is 2.41. The van der Waals surface area contributed by atoms with E-state index >= 15 is 0 Å². The SMILES string of the molecule is CN1C(=O)C(c2ccc(F)c(-c3ccoc3)c2)(c2cc(C(F)(F)F)ccn2)N=C1N. The van der Waals surface area contributed by atoms with Crippen molar-refractivity contribution in [1.82, 2.24) is 9.88 Å². The molecule has 1 aliphatic heterocycles. The van der Waals surface area contributed by atoms with Gasteiger partial charge in [-0.25, -0.2) is 9.38 Å². The number of aliphatic imine (C=N–C) groups is 1. The largest absolute Gasteiger partial charge is 0.472 e. The molecule has 0 radical (unpaired) electrons. The zero-order valence-corrected chi connectivity index (χ0v) is 15.4. The number of carbonyl (C=O) groups is 1. The first-order chi connectivity index (χ1) is 14.1. The van der Waals surface area contributed by atoms with E-state index in [9.17, 15) is 22.4 Å². The molecule has 1 aliphatic rings. The van der Waals surface area contributed by atoms with E-state index in [1.54, 1.807) is 0 Å². The first-order valence-corrected chi connectivity index (χ1v) is 8.64. The van der Waals surface area contributed by atoms with Gasteiger partial charge < -0.3 is 10.2 Å².